The topological polar surface area (TPSA) is 46.3 Å². The van der Waals surface area contributed by atoms with Gasteiger partial charge in [0.1, 0.15) is 11.5 Å². The maximum atomic E-state index is 8.91. The number of aromatic nitrogens is 1. The molecule has 0 saturated heterocycles. The Hall–Kier alpha value is -0.830. The summed E-state index contributed by atoms with van der Waals surface area (Å²) < 4.78 is 4.72. The molecule has 0 amide bonds. The lowest BCUT2D eigenvalue weighted by Gasteiger charge is -1.92. The first-order valence-corrected chi connectivity index (χ1v) is 2.81. The first kappa shape index (κ1) is 6.29. The molecule has 0 fully saturated rings. The van der Waals surface area contributed by atoms with Crippen molar-refractivity contribution in [2.45, 2.75) is 20.0 Å². The van der Waals surface area contributed by atoms with Crippen LogP contribution in [0.25, 0.3) is 0 Å². The minimum absolute atomic E-state index is 0.526. The minimum Gasteiger partial charge on any atom is -0.387 e. The molecule has 0 spiro atoms. The predicted molar refractivity (Wildman–Crippen MR) is 31.9 cm³/mol. The van der Waals surface area contributed by atoms with Crippen molar-refractivity contribution in [2.24, 2.45) is 0 Å². The summed E-state index contributed by atoms with van der Waals surface area (Å²) in [6.45, 7) is 3.44. The zero-order chi connectivity index (χ0) is 6.85. The van der Waals surface area contributed by atoms with Crippen molar-refractivity contribution in [3.63, 3.8) is 0 Å². The minimum atomic E-state index is -0.526. The highest BCUT2D eigenvalue weighted by Gasteiger charge is 2.04. The Labute approximate surface area is 53.3 Å². The Morgan fingerprint density at radius 2 is 2.44 bits per heavy atom. The second-order valence-corrected chi connectivity index (χ2v) is 2.04. The predicted octanol–water partition coefficient (Wildman–Crippen LogP) is 1.04. The molecule has 0 aromatic carbocycles. The molecule has 0 bridgehead atoms. The van der Waals surface area contributed by atoms with E-state index in [4.69, 9.17) is 9.63 Å². The van der Waals surface area contributed by atoms with E-state index >= 15 is 0 Å². The third-order valence-electron chi connectivity index (χ3n) is 1.07. The van der Waals surface area contributed by atoms with E-state index in [1.54, 1.807) is 19.9 Å². The van der Waals surface area contributed by atoms with Gasteiger partial charge < -0.3 is 9.63 Å². The maximum Gasteiger partial charge on any atom is 0.134 e. The number of hydrogen-bond acceptors (Lipinski definition) is 3. The van der Waals surface area contributed by atoms with Crippen molar-refractivity contribution in [1.82, 2.24) is 5.16 Å². The summed E-state index contributed by atoms with van der Waals surface area (Å²) in [6, 6.07) is 1.71. The summed E-state index contributed by atoms with van der Waals surface area (Å²) in [5, 5.41) is 12.5. The third kappa shape index (κ3) is 1.29. The van der Waals surface area contributed by atoms with Crippen molar-refractivity contribution >= 4 is 0 Å². The van der Waals surface area contributed by atoms with Crippen LogP contribution in [0.2, 0.25) is 0 Å². The van der Waals surface area contributed by atoms with E-state index in [0.717, 1.165) is 5.76 Å². The van der Waals surface area contributed by atoms with E-state index in [2.05, 4.69) is 5.16 Å². The fourth-order valence-electron chi connectivity index (χ4n) is 0.583. The van der Waals surface area contributed by atoms with Crippen LogP contribution in [0.5, 0.6) is 0 Å². The van der Waals surface area contributed by atoms with Gasteiger partial charge in [0.05, 0.1) is 6.10 Å². The summed E-state index contributed by atoms with van der Waals surface area (Å²) in [6.07, 6.45) is -0.526. The first-order chi connectivity index (χ1) is 4.20. The van der Waals surface area contributed by atoms with Crippen molar-refractivity contribution in [2.75, 3.05) is 0 Å². The quantitative estimate of drug-likeness (QED) is 0.613. The van der Waals surface area contributed by atoms with Gasteiger partial charge in [0.25, 0.3) is 0 Å². The highest BCUT2D eigenvalue weighted by Crippen LogP contribution is 2.10. The molecule has 50 valence electrons. The van der Waals surface area contributed by atoms with E-state index < -0.39 is 6.10 Å². The van der Waals surface area contributed by atoms with Crippen LogP contribution in [0, 0.1) is 6.92 Å². The summed E-state index contributed by atoms with van der Waals surface area (Å²) >= 11 is 0. The Bertz CT molecular complexity index is 193. The number of nitrogens with zero attached hydrogens (tertiary/aromatic N) is 1. The van der Waals surface area contributed by atoms with Crippen LogP contribution >= 0.6 is 0 Å². The smallest absolute Gasteiger partial charge is 0.134 e. The summed E-state index contributed by atoms with van der Waals surface area (Å²) in [5.74, 6) is 0.728. The molecular weight excluding hydrogens is 118 g/mol. The van der Waals surface area contributed by atoms with Crippen molar-refractivity contribution in [1.29, 1.82) is 0 Å². The van der Waals surface area contributed by atoms with Crippen LogP contribution in [-0.2, 0) is 0 Å². The molecular formula is C6H9NO2. The van der Waals surface area contributed by atoms with Gasteiger partial charge in [0.2, 0.25) is 0 Å². The average molecular weight is 127 g/mol. The van der Waals surface area contributed by atoms with Crippen LogP contribution in [0.1, 0.15) is 24.5 Å². The van der Waals surface area contributed by atoms with E-state index in [1.165, 1.54) is 0 Å². The maximum absolute atomic E-state index is 8.91. The van der Waals surface area contributed by atoms with Crippen molar-refractivity contribution in [3.05, 3.63) is 17.5 Å². The number of aliphatic hydroxyl groups excluding tert-OH is 1. The van der Waals surface area contributed by atoms with Gasteiger partial charge in [-0.15, -0.1) is 0 Å². The largest absolute Gasteiger partial charge is 0.387 e. The lowest BCUT2D eigenvalue weighted by Crippen LogP contribution is -1.88. The number of aryl methyl sites for hydroxylation is 1. The molecule has 3 nitrogen and oxygen atoms in total. The molecule has 0 unspecified atom stereocenters. The molecule has 1 heterocycles. The van der Waals surface area contributed by atoms with E-state index in [1.807, 2.05) is 0 Å². The summed E-state index contributed by atoms with van der Waals surface area (Å²) in [7, 11) is 0. The monoisotopic (exact) mass is 127 g/mol. The number of hydrogen-bond donors (Lipinski definition) is 1. The average Bonchev–Trinajstić information content (AvgIpc) is 2.14. The normalized spacial score (nSPS) is 13.7. The number of aliphatic hydroxyl groups is 1. The Morgan fingerprint density at radius 1 is 1.78 bits per heavy atom. The lowest BCUT2D eigenvalue weighted by atomic mass is 10.3. The molecule has 1 atom stereocenters. The van der Waals surface area contributed by atoms with Crippen LogP contribution in [0.4, 0.5) is 0 Å². The molecule has 0 saturated carbocycles. The van der Waals surface area contributed by atoms with Gasteiger partial charge in [-0.2, -0.15) is 0 Å². The van der Waals surface area contributed by atoms with Gasteiger partial charge in [-0.05, 0) is 13.8 Å². The van der Waals surface area contributed by atoms with Gasteiger partial charge in [-0.3, -0.25) is 0 Å². The molecule has 0 aliphatic rings. The third-order valence-corrected chi connectivity index (χ3v) is 1.07. The number of rotatable bonds is 1. The van der Waals surface area contributed by atoms with Gasteiger partial charge >= 0.3 is 0 Å². The zero-order valence-electron chi connectivity index (χ0n) is 5.46. The molecule has 1 N–H and O–H groups in total. The van der Waals surface area contributed by atoms with Gasteiger partial charge in [-0.25, -0.2) is 0 Å². The molecule has 0 aliphatic carbocycles. The molecule has 1 aromatic heterocycles. The van der Waals surface area contributed by atoms with Crippen molar-refractivity contribution < 1.29 is 9.63 Å². The SMILES string of the molecule is Cc1cc([C@@H](C)O)no1. The van der Waals surface area contributed by atoms with E-state index in [-0.39, 0.29) is 0 Å². The molecule has 0 radical (unpaired) electrons. The van der Waals surface area contributed by atoms with Gasteiger partial charge in [0, 0.05) is 6.07 Å². The Kier molecular flexibility index (Phi) is 1.53. The van der Waals surface area contributed by atoms with Crippen LogP contribution in [0.15, 0.2) is 10.6 Å². The van der Waals surface area contributed by atoms with E-state index in [9.17, 15) is 0 Å². The van der Waals surface area contributed by atoms with E-state index in [0.29, 0.717) is 5.69 Å². The first-order valence-electron chi connectivity index (χ1n) is 2.81. The summed E-state index contributed by atoms with van der Waals surface area (Å²) in [5.41, 5.74) is 0.590. The fourth-order valence-corrected chi connectivity index (χ4v) is 0.583. The molecule has 1 rings (SSSR count). The lowest BCUT2D eigenvalue weighted by molar-refractivity contribution is 0.187. The molecule has 1 aromatic rings. The molecule has 9 heavy (non-hydrogen) atoms. The van der Waals surface area contributed by atoms with Crippen LogP contribution < -0.4 is 0 Å². The standard InChI is InChI=1S/C6H9NO2/c1-4-3-6(5(2)8)7-9-4/h3,5,8H,1-2H3/t5-/m1/s1. The molecule has 0 aliphatic heterocycles. The zero-order valence-corrected chi connectivity index (χ0v) is 5.46. The summed E-state index contributed by atoms with van der Waals surface area (Å²) in [4.78, 5) is 0. The Morgan fingerprint density at radius 3 is 2.67 bits per heavy atom. The van der Waals surface area contributed by atoms with Crippen LogP contribution in [-0.4, -0.2) is 10.3 Å². The second-order valence-electron chi connectivity index (χ2n) is 2.04. The van der Waals surface area contributed by atoms with Crippen LogP contribution in [0.3, 0.4) is 0 Å². The second kappa shape index (κ2) is 2.19. The Balaban J connectivity index is 2.85. The highest BCUT2D eigenvalue weighted by atomic mass is 16.5. The molecule has 3 heteroatoms. The van der Waals surface area contributed by atoms with Crippen molar-refractivity contribution in [3.8, 4) is 0 Å². The van der Waals surface area contributed by atoms with Gasteiger partial charge in [-0.1, -0.05) is 5.16 Å². The highest BCUT2D eigenvalue weighted by molar-refractivity contribution is 5.05. The fraction of sp³-hybridized carbons (Fsp3) is 0.500. The van der Waals surface area contributed by atoms with Gasteiger partial charge in [0.15, 0.2) is 0 Å².